The first kappa shape index (κ1) is 19.5. The Balaban J connectivity index is 1.67. The molecular weight excluding hydrogens is 380 g/mol. The normalized spacial score (nSPS) is 10.6. The second-order valence-corrected chi connectivity index (χ2v) is 6.83. The highest BCUT2D eigenvalue weighted by atomic mass is 32.2. The molecule has 2 aromatic heterocycles. The number of anilines is 1. The highest BCUT2D eigenvalue weighted by molar-refractivity contribution is 7.99. The number of nitrogens with one attached hydrogen (secondary N) is 1. The van der Waals surface area contributed by atoms with Crippen LogP contribution in [0.4, 0.5) is 11.4 Å². The Morgan fingerprint density at radius 1 is 1.32 bits per heavy atom. The van der Waals surface area contributed by atoms with Crippen molar-refractivity contribution in [2.75, 3.05) is 11.1 Å². The lowest BCUT2D eigenvalue weighted by Gasteiger charge is -2.09. The number of nitro benzene ring substituents is 1. The van der Waals surface area contributed by atoms with Gasteiger partial charge < -0.3 is 9.88 Å². The van der Waals surface area contributed by atoms with Crippen molar-refractivity contribution < 1.29 is 9.72 Å². The average molecular weight is 398 g/mol. The molecule has 2 heterocycles. The molecule has 0 saturated heterocycles. The Bertz CT molecular complexity index is 1010. The predicted molar refractivity (Wildman–Crippen MR) is 106 cm³/mol. The molecule has 1 aromatic carbocycles. The van der Waals surface area contributed by atoms with E-state index in [0.717, 1.165) is 5.56 Å². The third-order valence-electron chi connectivity index (χ3n) is 3.98. The topological polar surface area (TPSA) is 116 Å². The van der Waals surface area contributed by atoms with Crippen LogP contribution >= 0.6 is 11.8 Å². The molecule has 28 heavy (non-hydrogen) atoms. The lowest BCUT2D eigenvalue weighted by atomic mass is 10.2. The van der Waals surface area contributed by atoms with Crippen molar-refractivity contribution in [2.45, 2.75) is 25.5 Å². The summed E-state index contributed by atoms with van der Waals surface area (Å²) in [4.78, 5) is 26.7. The third-order valence-corrected chi connectivity index (χ3v) is 4.95. The molecule has 144 valence electrons. The first-order chi connectivity index (χ1) is 13.5. The number of nitrogens with zero attached hydrogens (tertiary/aromatic N) is 5. The summed E-state index contributed by atoms with van der Waals surface area (Å²) in [7, 11) is 0. The van der Waals surface area contributed by atoms with Crippen LogP contribution in [-0.4, -0.2) is 36.3 Å². The van der Waals surface area contributed by atoms with Gasteiger partial charge >= 0.3 is 0 Å². The number of nitro groups is 1. The second kappa shape index (κ2) is 8.61. The number of amides is 1. The number of non-ortho nitro benzene ring substituents is 1. The first-order valence-electron chi connectivity index (χ1n) is 8.51. The molecule has 3 rings (SSSR count). The van der Waals surface area contributed by atoms with Crippen LogP contribution in [0, 0.1) is 17.0 Å². The van der Waals surface area contributed by atoms with Crippen LogP contribution in [0.2, 0.25) is 0 Å². The van der Waals surface area contributed by atoms with Crippen molar-refractivity contribution in [2.24, 2.45) is 0 Å². The van der Waals surface area contributed by atoms with E-state index < -0.39 is 4.92 Å². The smallest absolute Gasteiger partial charge is 0.269 e. The fourth-order valence-corrected chi connectivity index (χ4v) is 3.41. The molecule has 0 aliphatic rings. The highest BCUT2D eigenvalue weighted by Crippen LogP contribution is 2.24. The highest BCUT2D eigenvalue weighted by Gasteiger charge is 2.15. The number of hydrogen-bond donors (Lipinski definition) is 1. The molecule has 1 N–H and O–H groups in total. The van der Waals surface area contributed by atoms with Gasteiger partial charge in [-0.3, -0.25) is 19.9 Å². The molecule has 0 fully saturated rings. The lowest BCUT2D eigenvalue weighted by molar-refractivity contribution is -0.384. The van der Waals surface area contributed by atoms with E-state index in [2.05, 4.69) is 20.5 Å². The van der Waals surface area contributed by atoms with E-state index in [4.69, 9.17) is 0 Å². The van der Waals surface area contributed by atoms with Gasteiger partial charge in [-0.2, -0.15) is 0 Å². The fraction of sp³-hybridized carbons (Fsp3) is 0.222. The van der Waals surface area contributed by atoms with Gasteiger partial charge in [-0.25, -0.2) is 0 Å². The van der Waals surface area contributed by atoms with Crippen LogP contribution < -0.4 is 5.32 Å². The summed E-state index contributed by atoms with van der Waals surface area (Å²) in [5, 5.41) is 22.6. The van der Waals surface area contributed by atoms with Gasteiger partial charge in [0.2, 0.25) is 5.91 Å². The Morgan fingerprint density at radius 2 is 2.14 bits per heavy atom. The summed E-state index contributed by atoms with van der Waals surface area (Å²) < 4.78 is 1.92. The molecular formula is C18H18N6O3S. The van der Waals surface area contributed by atoms with Crippen LogP contribution in [-0.2, 0) is 11.3 Å². The van der Waals surface area contributed by atoms with E-state index in [1.165, 1.54) is 30.0 Å². The number of carbonyl (C=O) groups excluding carboxylic acids is 1. The Morgan fingerprint density at radius 3 is 2.79 bits per heavy atom. The van der Waals surface area contributed by atoms with Crippen LogP contribution in [0.25, 0.3) is 11.4 Å². The lowest BCUT2D eigenvalue weighted by Crippen LogP contribution is -2.15. The number of benzene rings is 1. The molecule has 0 atom stereocenters. The van der Waals surface area contributed by atoms with Crippen LogP contribution in [0.15, 0.2) is 47.9 Å². The molecule has 0 spiro atoms. The van der Waals surface area contributed by atoms with E-state index in [1.807, 2.05) is 23.6 Å². The van der Waals surface area contributed by atoms with Crippen molar-refractivity contribution in [3.63, 3.8) is 0 Å². The minimum atomic E-state index is -0.466. The van der Waals surface area contributed by atoms with Gasteiger partial charge in [0.1, 0.15) is 0 Å². The van der Waals surface area contributed by atoms with E-state index >= 15 is 0 Å². The van der Waals surface area contributed by atoms with E-state index in [9.17, 15) is 14.9 Å². The Labute approximate surface area is 165 Å². The maximum atomic E-state index is 12.3. The largest absolute Gasteiger partial charge is 0.325 e. The van der Waals surface area contributed by atoms with Crippen molar-refractivity contribution in [1.29, 1.82) is 0 Å². The van der Waals surface area contributed by atoms with E-state index in [-0.39, 0.29) is 17.3 Å². The number of hydrogen-bond acceptors (Lipinski definition) is 7. The van der Waals surface area contributed by atoms with Crippen molar-refractivity contribution >= 4 is 29.0 Å². The number of aromatic nitrogens is 4. The molecule has 0 bridgehead atoms. The summed E-state index contributed by atoms with van der Waals surface area (Å²) >= 11 is 1.28. The summed E-state index contributed by atoms with van der Waals surface area (Å²) in [5.41, 5.74) is 2.02. The number of rotatable bonds is 7. The number of thioether (sulfide) groups is 1. The molecule has 0 aliphatic carbocycles. The SMILES string of the molecule is CCn1c(SCC(=O)Nc2ccc([N+](=O)[O-])cc2C)nnc1-c1cccnc1. The number of carbonyl (C=O) groups is 1. The summed E-state index contributed by atoms with van der Waals surface area (Å²) in [6.07, 6.45) is 3.41. The molecule has 10 heteroatoms. The van der Waals surface area contributed by atoms with Gasteiger partial charge in [0.05, 0.1) is 10.7 Å². The van der Waals surface area contributed by atoms with Gasteiger partial charge in [0.15, 0.2) is 11.0 Å². The van der Waals surface area contributed by atoms with Crippen LogP contribution in [0.3, 0.4) is 0 Å². The van der Waals surface area contributed by atoms with Gasteiger partial charge in [0.25, 0.3) is 5.69 Å². The standard InChI is InChI=1S/C18H18N6O3S/c1-3-23-17(13-5-4-8-19-10-13)21-22-18(23)28-11-16(25)20-15-7-6-14(24(26)27)9-12(15)2/h4-10H,3,11H2,1-2H3,(H,20,25). The monoisotopic (exact) mass is 398 g/mol. The molecule has 0 unspecified atom stereocenters. The number of pyridine rings is 1. The van der Waals surface area contributed by atoms with Crippen molar-refractivity contribution in [3.05, 3.63) is 58.4 Å². The molecule has 0 aliphatic heterocycles. The summed E-state index contributed by atoms with van der Waals surface area (Å²) in [6.45, 7) is 4.35. The molecule has 1 amide bonds. The van der Waals surface area contributed by atoms with Crippen LogP contribution in [0.5, 0.6) is 0 Å². The van der Waals surface area contributed by atoms with E-state index in [1.54, 1.807) is 19.3 Å². The minimum absolute atomic E-state index is 0.0103. The molecule has 0 saturated carbocycles. The zero-order valence-corrected chi connectivity index (χ0v) is 16.1. The Hall–Kier alpha value is -3.27. The van der Waals surface area contributed by atoms with Crippen LogP contribution in [0.1, 0.15) is 12.5 Å². The van der Waals surface area contributed by atoms with Crippen molar-refractivity contribution in [1.82, 2.24) is 19.7 Å². The molecule has 9 nitrogen and oxygen atoms in total. The first-order valence-corrected chi connectivity index (χ1v) is 9.49. The third kappa shape index (κ3) is 4.34. The Kier molecular flexibility index (Phi) is 5.99. The molecule has 0 radical (unpaired) electrons. The number of aryl methyl sites for hydroxylation is 1. The second-order valence-electron chi connectivity index (χ2n) is 5.89. The zero-order chi connectivity index (χ0) is 20.1. The van der Waals surface area contributed by atoms with Gasteiger partial charge in [-0.1, -0.05) is 11.8 Å². The average Bonchev–Trinajstić information content (AvgIpc) is 3.11. The maximum absolute atomic E-state index is 12.3. The molecule has 3 aromatic rings. The summed E-state index contributed by atoms with van der Waals surface area (Å²) in [5.74, 6) is 0.613. The van der Waals surface area contributed by atoms with Gasteiger partial charge in [-0.05, 0) is 37.6 Å². The maximum Gasteiger partial charge on any atom is 0.269 e. The summed E-state index contributed by atoms with van der Waals surface area (Å²) in [6, 6.07) is 8.06. The minimum Gasteiger partial charge on any atom is -0.325 e. The van der Waals surface area contributed by atoms with Gasteiger partial charge in [0, 0.05) is 42.3 Å². The zero-order valence-electron chi connectivity index (χ0n) is 15.3. The quantitative estimate of drug-likeness (QED) is 0.369. The van der Waals surface area contributed by atoms with Gasteiger partial charge in [-0.15, -0.1) is 10.2 Å². The van der Waals surface area contributed by atoms with Crippen molar-refractivity contribution in [3.8, 4) is 11.4 Å². The predicted octanol–water partition coefficient (Wildman–Crippen LogP) is 3.31. The van der Waals surface area contributed by atoms with E-state index in [0.29, 0.717) is 28.8 Å². The fourth-order valence-electron chi connectivity index (χ4n) is 2.61.